The van der Waals surface area contributed by atoms with E-state index < -0.39 is 0 Å². The molecule has 5 heteroatoms. The molecule has 1 unspecified atom stereocenters. The summed E-state index contributed by atoms with van der Waals surface area (Å²) in [6.07, 6.45) is 4.42. The van der Waals surface area contributed by atoms with Crippen LogP contribution in [0.15, 0.2) is 6.20 Å². The molecule has 0 spiro atoms. The molecule has 20 heavy (non-hydrogen) atoms. The summed E-state index contributed by atoms with van der Waals surface area (Å²) in [5.41, 5.74) is 2.72. The minimum atomic E-state index is 0.441. The lowest BCUT2D eigenvalue weighted by atomic mass is 9.94. The van der Waals surface area contributed by atoms with Crippen LogP contribution in [0.3, 0.4) is 0 Å². The Morgan fingerprint density at radius 3 is 2.95 bits per heavy atom. The second kappa shape index (κ2) is 6.24. The first-order chi connectivity index (χ1) is 9.78. The maximum atomic E-state index is 5.46. The van der Waals surface area contributed by atoms with Gasteiger partial charge in [-0.05, 0) is 18.8 Å². The Labute approximate surface area is 120 Å². The number of fused-ring (bicyclic) bond motifs is 1. The van der Waals surface area contributed by atoms with Crippen molar-refractivity contribution >= 4 is 0 Å². The van der Waals surface area contributed by atoms with Crippen LogP contribution in [-0.2, 0) is 23.1 Å². The van der Waals surface area contributed by atoms with E-state index in [0.717, 1.165) is 38.8 Å². The van der Waals surface area contributed by atoms with Gasteiger partial charge < -0.3 is 9.47 Å². The number of rotatable bonds is 4. The van der Waals surface area contributed by atoms with Crippen molar-refractivity contribution in [2.24, 2.45) is 13.0 Å². The Kier molecular flexibility index (Phi) is 4.38. The first kappa shape index (κ1) is 14.0. The summed E-state index contributed by atoms with van der Waals surface area (Å²) in [7, 11) is 3.82. The molecule has 1 saturated heterocycles. The van der Waals surface area contributed by atoms with Crippen molar-refractivity contribution in [3.8, 4) is 0 Å². The summed E-state index contributed by atoms with van der Waals surface area (Å²) in [6.45, 7) is 5.92. The predicted molar refractivity (Wildman–Crippen MR) is 76.6 cm³/mol. The van der Waals surface area contributed by atoms with Crippen molar-refractivity contribution in [3.05, 3.63) is 17.5 Å². The molecule has 3 heterocycles. The van der Waals surface area contributed by atoms with Crippen LogP contribution in [0.2, 0.25) is 0 Å². The molecule has 0 aliphatic carbocycles. The average Bonchev–Trinajstić information content (AvgIpc) is 2.82. The molecular weight excluding hydrogens is 254 g/mol. The number of methoxy groups -OCH3 is 1. The maximum Gasteiger partial charge on any atom is 0.0558 e. The van der Waals surface area contributed by atoms with Gasteiger partial charge in [-0.15, -0.1) is 0 Å². The number of ether oxygens (including phenoxy) is 2. The van der Waals surface area contributed by atoms with Gasteiger partial charge in [0.25, 0.3) is 0 Å². The minimum Gasteiger partial charge on any atom is -0.384 e. The van der Waals surface area contributed by atoms with E-state index in [4.69, 9.17) is 9.47 Å². The Morgan fingerprint density at radius 2 is 2.20 bits per heavy atom. The Hall–Kier alpha value is -0.910. The molecule has 1 fully saturated rings. The molecule has 0 radical (unpaired) electrons. The first-order valence-electron chi connectivity index (χ1n) is 7.57. The van der Waals surface area contributed by atoms with Gasteiger partial charge in [0.1, 0.15) is 0 Å². The Bertz CT molecular complexity index is 440. The van der Waals surface area contributed by atoms with E-state index in [9.17, 15) is 0 Å². The number of aryl methyl sites for hydroxylation is 1. The minimum absolute atomic E-state index is 0.441. The maximum absolute atomic E-state index is 5.46. The highest BCUT2D eigenvalue weighted by Crippen LogP contribution is 2.29. The molecule has 1 aromatic rings. The summed E-state index contributed by atoms with van der Waals surface area (Å²) in [5, 5.41) is 4.43. The monoisotopic (exact) mass is 279 g/mol. The lowest BCUT2D eigenvalue weighted by Crippen LogP contribution is -2.39. The van der Waals surface area contributed by atoms with Gasteiger partial charge >= 0.3 is 0 Å². The second-order valence-corrected chi connectivity index (χ2v) is 6.08. The highest BCUT2D eigenvalue weighted by molar-refractivity contribution is 5.25. The number of hydrogen-bond acceptors (Lipinski definition) is 4. The smallest absolute Gasteiger partial charge is 0.0558 e. The molecule has 3 rings (SSSR count). The van der Waals surface area contributed by atoms with Gasteiger partial charge in [0.2, 0.25) is 0 Å². The molecule has 0 saturated carbocycles. The molecule has 0 amide bonds. The zero-order chi connectivity index (χ0) is 13.9. The highest BCUT2D eigenvalue weighted by Gasteiger charge is 2.30. The van der Waals surface area contributed by atoms with Crippen molar-refractivity contribution in [1.29, 1.82) is 0 Å². The zero-order valence-corrected chi connectivity index (χ0v) is 12.5. The molecule has 1 aromatic heterocycles. The fraction of sp³-hybridized carbons (Fsp3) is 0.800. The van der Waals surface area contributed by atoms with Crippen LogP contribution in [-0.4, -0.2) is 54.7 Å². The largest absolute Gasteiger partial charge is 0.384 e. The van der Waals surface area contributed by atoms with Crippen molar-refractivity contribution in [2.45, 2.75) is 25.3 Å². The summed E-state index contributed by atoms with van der Waals surface area (Å²) in [5.74, 6) is 1.22. The van der Waals surface area contributed by atoms with E-state index in [1.165, 1.54) is 30.6 Å². The van der Waals surface area contributed by atoms with Gasteiger partial charge in [-0.1, -0.05) is 0 Å². The molecule has 5 nitrogen and oxygen atoms in total. The third-order valence-electron chi connectivity index (χ3n) is 4.55. The number of aromatic nitrogens is 2. The van der Waals surface area contributed by atoms with E-state index in [1.54, 1.807) is 7.11 Å². The van der Waals surface area contributed by atoms with E-state index in [-0.39, 0.29) is 0 Å². The van der Waals surface area contributed by atoms with Crippen molar-refractivity contribution < 1.29 is 9.47 Å². The van der Waals surface area contributed by atoms with Crippen LogP contribution in [0.4, 0.5) is 0 Å². The van der Waals surface area contributed by atoms with Crippen LogP contribution >= 0.6 is 0 Å². The molecular formula is C15H25N3O2. The summed E-state index contributed by atoms with van der Waals surface area (Å²) in [4.78, 5) is 2.57. The second-order valence-electron chi connectivity index (χ2n) is 6.08. The quantitative estimate of drug-likeness (QED) is 0.835. The fourth-order valence-corrected chi connectivity index (χ4v) is 3.61. The van der Waals surface area contributed by atoms with Gasteiger partial charge in [0.15, 0.2) is 0 Å². The number of nitrogens with zero attached hydrogens (tertiary/aromatic N) is 3. The molecule has 0 aromatic carbocycles. The Balaban J connectivity index is 1.69. The van der Waals surface area contributed by atoms with Gasteiger partial charge in [0.05, 0.1) is 12.8 Å². The molecule has 0 bridgehead atoms. The van der Waals surface area contributed by atoms with Crippen LogP contribution in [0.25, 0.3) is 0 Å². The van der Waals surface area contributed by atoms with Crippen LogP contribution in [0.5, 0.6) is 0 Å². The van der Waals surface area contributed by atoms with Gasteiger partial charge in [-0.3, -0.25) is 9.58 Å². The van der Waals surface area contributed by atoms with Gasteiger partial charge in [-0.2, -0.15) is 5.10 Å². The van der Waals surface area contributed by atoms with E-state index >= 15 is 0 Å². The third kappa shape index (κ3) is 2.90. The Morgan fingerprint density at radius 1 is 1.40 bits per heavy atom. The average molecular weight is 279 g/mol. The van der Waals surface area contributed by atoms with Gasteiger partial charge in [-0.25, -0.2) is 0 Å². The van der Waals surface area contributed by atoms with Crippen molar-refractivity contribution in [2.75, 3.05) is 40.0 Å². The molecule has 112 valence electrons. The van der Waals surface area contributed by atoms with E-state index in [1.807, 2.05) is 17.9 Å². The summed E-state index contributed by atoms with van der Waals surface area (Å²) in [6, 6.07) is 0. The normalized spacial score (nSPS) is 24.8. The SMILES string of the molecule is COCC1CN(CC2CCOCC2)Cc2cnn(C)c21. The van der Waals surface area contributed by atoms with Crippen molar-refractivity contribution in [1.82, 2.24) is 14.7 Å². The first-order valence-corrected chi connectivity index (χ1v) is 7.57. The molecule has 1 atom stereocenters. The summed E-state index contributed by atoms with van der Waals surface area (Å²) < 4.78 is 12.9. The zero-order valence-electron chi connectivity index (χ0n) is 12.5. The lowest BCUT2D eigenvalue weighted by Gasteiger charge is -2.36. The van der Waals surface area contributed by atoms with Crippen LogP contribution in [0.1, 0.15) is 30.0 Å². The lowest BCUT2D eigenvalue weighted by molar-refractivity contribution is 0.0459. The molecule has 2 aliphatic heterocycles. The summed E-state index contributed by atoms with van der Waals surface area (Å²) >= 11 is 0. The van der Waals surface area contributed by atoms with Crippen molar-refractivity contribution in [3.63, 3.8) is 0 Å². The van der Waals surface area contributed by atoms with E-state index in [2.05, 4.69) is 10.00 Å². The topological polar surface area (TPSA) is 39.5 Å². The third-order valence-corrected chi connectivity index (χ3v) is 4.55. The predicted octanol–water partition coefficient (Wildman–Crippen LogP) is 1.39. The number of hydrogen-bond donors (Lipinski definition) is 0. The van der Waals surface area contributed by atoms with E-state index in [0.29, 0.717) is 5.92 Å². The van der Waals surface area contributed by atoms with Gasteiger partial charge in [0, 0.05) is 64.2 Å². The standard InChI is InChI=1S/C15H25N3O2/c1-17-15-13(7-16-17)9-18(10-14(15)11-19-2)8-12-3-5-20-6-4-12/h7,12,14H,3-6,8-11H2,1-2H3. The van der Waals surface area contributed by atoms with Crippen LogP contribution in [0, 0.1) is 5.92 Å². The highest BCUT2D eigenvalue weighted by atomic mass is 16.5. The molecule has 0 N–H and O–H groups in total. The molecule has 2 aliphatic rings. The van der Waals surface area contributed by atoms with Crippen LogP contribution < -0.4 is 0 Å². The fourth-order valence-electron chi connectivity index (χ4n) is 3.61.